The fourth-order valence-corrected chi connectivity index (χ4v) is 3.66. The lowest BCUT2D eigenvalue weighted by Gasteiger charge is -2.35. The van der Waals surface area contributed by atoms with E-state index in [2.05, 4.69) is 15.0 Å². The minimum absolute atomic E-state index is 0.141. The second-order valence-electron chi connectivity index (χ2n) is 6.29. The van der Waals surface area contributed by atoms with E-state index in [4.69, 9.17) is 4.52 Å². The monoisotopic (exact) mass is 368 g/mol. The molecule has 1 aliphatic heterocycles. The van der Waals surface area contributed by atoms with E-state index >= 15 is 0 Å². The Morgan fingerprint density at radius 2 is 1.92 bits per heavy atom. The summed E-state index contributed by atoms with van der Waals surface area (Å²) in [7, 11) is -3.16. The first-order chi connectivity index (χ1) is 11.8. The second-order valence-corrected chi connectivity index (χ2v) is 8.28. The fourth-order valence-electron chi connectivity index (χ4n) is 2.83. The standard InChI is InChI=1S/C16H21FN4O3S/c1-11-4-5-13(10-14(11)17)15-18-16(24-19-15)12(2)20-6-8-21(9-7-20)25(3,22)23/h4-5,10,12H,6-9H2,1-3H3. The zero-order chi connectivity index (χ0) is 18.2. The van der Waals surface area contributed by atoms with E-state index in [0.29, 0.717) is 49.0 Å². The molecule has 0 bridgehead atoms. The van der Waals surface area contributed by atoms with Gasteiger partial charge in [0.1, 0.15) is 5.82 Å². The summed E-state index contributed by atoms with van der Waals surface area (Å²) in [6, 6.07) is 4.68. The topological polar surface area (TPSA) is 79.5 Å². The average molecular weight is 368 g/mol. The Bertz CT molecular complexity index is 860. The maximum Gasteiger partial charge on any atom is 0.244 e. The Hall–Kier alpha value is -1.84. The van der Waals surface area contributed by atoms with Gasteiger partial charge < -0.3 is 4.52 Å². The van der Waals surface area contributed by atoms with Gasteiger partial charge in [0.2, 0.25) is 21.7 Å². The Morgan fingerprint density at radius 1 is 1.24 bits per heavy atom. The minimum atomic E-state index is -3.16. The van der Waals surface area contributed by atoms with Crippen molar-refractivity contribution in [2.45, 2.75) is 19.9 Å². The molecule has 0 N–H and O–H groups in total. The number of hydrogen-bond acceptors (Lipinski definition) is 6. The van der Waals surface area contributed by atoms with Crippen molar-refractivity contribution in [2.24, 2.45) is 0 Å². The Labute approximate surface area is 146 Å². The van der Waals surface area contributed by atoms with Gasteiger partial charge >= 0.3 is 0 Å². The number of piperazine rings is 1. The summed E-state index contributed by atoms with van der Waals surface area (Å²) in [6.07, 6.45) is 1.22. The summed E-state index contributed by atoms with van der Waals surface area (Å²) in [5.41, 5.74) is 1.12. The van der Waals surface area contributed by atoms with Crippen LogP contribution in [0.3, 0.4) is 0 Å². The molecule has 0 saturated carbocycles. The first-order valence-electron chi connectivity index (χ1n) is 8.05. The number of aromatic nitrogens is 2. The zero-order valence-corrected chi connectivity index (χ0v) is 15.3. The number of hydrogen-bond donors (Lipinski definition) is 0. The molecule has 136 valence electrons. The molecule has 1 aromatic heterocycles. The predicted molar refractivity (Wildman–Crippen MR) is 90.8 cm³/mol. The van der Waals surface area contributed by atoms with E-state index in [1.54, 1.807) is 19.1 Å². The van der Waals surface area contributed by atoms with Gasteiger partial charge in [-0.15, -0.1) is 0 Å². The minimum Gasteiger partial charge on any atom is -0.337 e. The summed E-state index contributed by atoms with van der Waals surface area (Å²) >= 11 is 0. The van der Waals surface area contributed by atoms with Crippen molar-refractivity contribution in [1.82, 2.24) is 19.3 Å². The first kappa shape index (κ1) is 18.0. The van der Waals surface area contributed by atoms with E-state index in [1.807, 2.05) is 6.92 Å². The van der Waals surface area contributed by atoms with Crippen molar-refractivity contribution in [1.29, 1.82) is 0 Å². The summed E-state index contributed by atoms with van der Waals surface area (Å²) in [6.45, 7) is 5.68. The van der Waals surface area contributed by atoms with Crippen LogP contribution >= 0.6 is 0 Å². The van der Waals surface area contributed by atoms with Crippen LogP contribution in [0.15, 0.2) is 22.7 Å². The molecule has 0 spiro atoms. The number of benzene rings is 1. The number of sulfonamides is 1. The average Bonchev–Trinajstić information content (AvgIpc) is 3.06. The molecule has 2 aromatic rings. The molecule has 2 heterocycles. The molecule has 1 atom stereocenters. The first-order valence-corrected chi connectivity index (χ1v) is 9.90. The van der Waals surface area contributed by atoms with E-state index in [9.17, 15) is 12.8 Å². The second kappa shape index (κ2) is 6.81. The van der Waals surface area contributed by atoms with Gasteiger partial charge in [0, 0.05) is 31.7 Å². The van der Waals surface area contributed by atoms with Crippen molar-refractivity contribution >= 4 is 10.0 Å². The molecular weight excluding hydrogens is 347 g/mol. The molecule has 25 heavy (non-hydrogen) atoms. The Morgan fingerprint density at radius 3 is 2.52 bits per heavy atom. The van der Waals surface area contributed by atoms with Gasteiger partial charge in [0.15, 0.2) is 0 Å². The van der Waals surface area contributed by atoms with Crippen LogP contribution in [0.1, 0.15) is 24.4 Å². The third-order valence-corrected chi connectivity index (χ3v) is 5.82. The van der Waals surface area contributed by atoms with Gasteiger partial charge in [-0.25, -0.2) is 12.8 Å². The number of nitrogens with zero attached hydrogens (tertiary/aromatic N) is 4. The van der Waals surface area contributed by atoms with Gasteiger partial charge in [0.25, 0.3) is 0 Å². The van der Waals surface area contributed by atoms with Crippen LogP contribution in [0.4, 0.5) is 4.39 Å². The molecule has 0 radical (unpaired) electrons. The van der Waals surface area contributed by atoms with Crippen molar-refractivity contribution in [3.8, 4) is 11.4 Å². The molecule has 0 aliphatic carbocycles. The number of rotatable bonds is 4. The molecule has 1 fully saturated rings. The van der Waals surface area contributed by atoms with Crippen LogP contribution in [0, 0.1) is 12.7 Å². The van der Waals surface area contributed by atoms with Crippen LogP contribution in [-0.2, 0) is 10.0 Å². The smallest absolute Gasteiger partial charge is 0.244 e. The van der Waals surface area contributed by atoms with Gasteiger partial charge in [-0.3, -0.25) is 4.90 Å². The molecule has 9 heteroatoms. The maximum absolute atomic E-state index is 13.7. The molecule has 0 amide bonds. The van der Waals surface area contributed by atoms with Crippen LogP contribution in [-0.4, -0.2) is 60.2 Å². The van der Waals surface area contributed by atoms with Crippen LogP contribution in [0.25, 0.3) is 11.4 Å². The van der Waals surface area contributed by atoms with E-state index in [1.165, 1.54) is 16.6 Å². The summed E-state index contributed by atoms with van der Waals surface area (Å²) in [4.78, 5) is 6.47. The van der Waals surface area contributed by atoms with Crippen molar-refractivity contribution in [2.75, 3.05) is 32.4 Å². The zero-order valence-electron chi connectivity index (χ0n) is 14.4. The molecule has 3 rings (SSSR count). The Kier molecular flexibility index (Phi) is 4.90. The lowest BCUT2D eigenvalue weighted by Crippen LogP contribution is -2.48. The molecule has 1 aliphatic rings. The fraction of sp³-hybridized carbons (Fsp3) is 0.500. The van der Waals surface area contributed by atoms with Gasteiger partial charge in [-0.1, -0.05) is 17.3 Å². The maximum atomic E-state index is 13.7. The lowest BCUT2D eigenvalue weighted by molar-refractivity contribution is 0.124. The van der Waals surface area contributed by atoms with Crippen LogP contribution in [0.5, 0.6) is 0 Å². The highest BCUT2D eigenvalue weighted by Crippen LogP contribution is 2.24. The Balaban J connectivity index is 1.71. The van der Waals surface area contributed by atoms with Crippen LogP contribution in [0.2, 0.25) is 0 Å². The van der Waals surface area contributed by atoms with Crippen LogP contribution < -0.4 is 0 Å². The molecular formula is C16H21FN4O3S. The van der Waals surface area contributed by atoms with Gasteiger partial charge in [-0.05, 0) is 25.5 Å². The molecule has 1 saturated heterocycles. The summed E-state index contributed by atoms with van der Waals surface area (Å²) < 4.78 is 43.7. The molecule has 1 aromatic carbocycles. The normalized spacial score (nSPS) is 18.4. The van der Waals surface area contributed by atoms with Crippen molar-refractivity contribution in [3.63, 3.8) is 0 Å². The largest absolute Gasteiger partial charge is 0.337 e. The summed E-state index contributed by atoms with van der Waals surface area (Å²) in [5, 5.41) is 3.94. The van der Waals surface area contributed by atoms with Gasteiger partial charge in [-0.2, -0.15) is 9.29 Å². The predicted octanol–water partition coefficient (Wildman–Crippen LogP) is 1.82. The highest BCUT2D eigenvalue weighted by molar-refractivity contribution is 7.88. The molecule has 1 unspecified atom stereocenters. The van der Waals surface area contributed by atoms with E-state index < -0.39 is 10.0 Å². The lowest BCUT2D eigenvalue weighted by atomic mass is 10.1. The third kappa shape index (κ3) is 3.88. The number of halogens is 1. The molecule has 7 nitrogen and oxygen atoms in total. The quantitative estimate of drug-likeness (QED) is 0.819. The van der Waals surface area contributed by atoms with Crippen molar-refractivity contribution in [3.05, 3.63) is 35.5 Å². The van der Waals surface area contributed by atoms with E-state index in [0.717, 1.165) is 0 Å². The number of aryl methyl sites for hydroxylation is 1. The van der Waals surface area contributed by atoms with E-state index in [-0.39, 0.29) is 11.9 Å². The van der Waals surface area contributed by atoms with Crippen molar-refractivity contribution < 1.29 is 17.3 Å². The highest BCUT2D eigenvalue weighted by atomic mass is 32.2. The SMILES string of the molecule is Cc1ccc(-c2noc(C(C)N3CCN(S(C)(=O)=O)CC3)n2)cc1F. The highest BCUT2D eigenvalue weighted by Gasteiger charge is 2.29. The third-order valence-electron chi connectivity index (χ3n) is 4.52. The summed E-state index contributed by atoms with van der Waals surface area (Å²) in [5.74, 6) is 0.466. The van der Waals surface area contributed by atoms with Gasteiger partial charge in [0.05, 0.1) is 12.3 Å².